The lowest BCUT2D eigenvalue weighted by Gasteiger charge is -2.12. The van der Waals surface area contributed by atoms with Crippen molar-refractivity contribution in [1.29, 1.82) is 0 Å². The third kappa shape index (κ3) is 9.78. The Balaban J connectivity index is 0.000000201. The molecule has 0 fully saturated rings. The largest absolute Gasteiger partial charge is 0.475 e. The highest BCUT2D eigenvalue weighted by Gasteiger charge is 2.27. The molecule has 55 heavy (non-hydrogen) atoms. The molecule has 4 N–H and O–H groups in total. The lowest BCUT2D eigenvalue weighted by atomic mass is 10.0. The van der Waals surface area contributed by atoms with Crippen LogP contribution in [0.25, 0.3) is 22.8 Å². The molecular formula is C35H45ClN14O5. The van der Waals surface area contributed by atoms with Crippen LogP contribution in [0.2, 0.25) is 0 Å². The van der Waals surface area contributed by atoms with Crippen LogP contribution in [0, 0.1) is 0 Å². The van der Waals surface area contributed by atoms with Crippen molar-refractivity contribution < 1.29 is 23.7 Å². The van der Waals surface area contributed by atoms with Crippen molar-refractivity contribution in [3.05, 3.63) is 82.1 Å². The Kier molecular flexibility index (Phi) is 13.6. The minimum Gasteiger partial charge on any atom is -0.475 e. The number of nitrogens with two attached hydrogens (primary N) is 1. The van der Waals surface area contributed by atoms with E-state index in [1.54, 1.807) is 7.05 Å². The van der Waals surface area contributed by atoms with Crippen LogP contribution < -0.4 is 11.1 Å². The molecule has 1 amide bonds. The predicted octanol–water partition coefficient (Wildman–Crippen LogP) is 4.57. The van der Waals surface area contributed by atoms with Crippen molar-refractivity contribution >= 4 is 24.3 Å². The van der Waals surface area contributed by atoms with Crippen LogP contribution in [0.5, 0.6) is 0 Å². The molecule has 2 aliphatic rings. The van der Waals surface area contributed by atoms with Crippen LogP contribution in [0.3, 0.4) is 0 Å². The van der Waals surface area contributed by atoms with Gasteiger partial charge in [0.1, 0.15) is 0 Å². The molecule has 19 nitrogen and oxygen atoms in total. The molecule has 4 aromatic heterocycles. The molecule has 2 aromatic carbocycles. The first-order valence-electron chi connectivity index (χ1n) is 17.1. The molecule has 292 valence electrons. The van der Waals surface area contributed by atoms with Crippen LogP contribution in [0.4, 0.5) is 0 Å². The summed E-state index contributed by atoms with van der Waals surface area (Å²) in [6.45, 7) is 8.11. The molecule has 0 spiro atoms. The van der Waals surface area contributed by atoms with E-state index >= 15 is 0 Å². The summed E-state index contributed by atoms with van der Waals surface area (Å²) < 4.78 is 10.5. The number of benzene rings is 2. The van der Waals surface area contributed by atoms with Gasteiger partial charge in [-0.2, -0.15) is 19.6 Å². The first-order chi connectivity index (χ1) is 25.4. The zero-order valence-corrected chi connectivity index (χ0v) is 31.4. The number of nitrogens with zero attached hydrogens (tertiary/aromatic N) is 12. The zero-order chi connectivity index (χ0) is 37.8. The average Bonchev–Trinajstić information content (AvgIpc) is 3.98. The maximum Gasteiger partial charge on any atom is 0.377 e. The number of aromatic carboxylic acids is 1. The van der Waals surface area contributed by atoms with Gasteiger partial charge in [0.25, 0.3) is 17.6 Å². The molecule has 0 bridgehead atoms. The van der Waals surface area contributed by atoms with Gasteiger partial charge in [0.05, 0.1) is 20.1 Å². The summed E-state index contributed by atoms with van der Waals surface area (Å²) in [5, 5.41) is 40.6. The molecule has 6 aromatic rings. The second kappa shape index (κ2) is 17.9. The van der Waals surface area contributed by atoms with Crippen molar-refractivity contribution in [2.45, 2.75) is 84.7 Å². The molecule has 0 unspecified atom stereocenters. The monoisotopic (exact) mass is 776 g/mol. The van der Waals surface area contributed by atoms with E-state index in [-0.39, 0.29) is 61.3 Å². The molecule has 0 saturated heterocycles. The first kappa shape index (κ1) is 41.8. The number of carboxylic acid groups (broad SMARTS) is 1. The predicted molar refractivity (Wildman–Crippen MR) is 200 cm³/mol. The van der Waals surface area contributed by atoms with Crippen LogP contribution >= 0.6 is 12.4 Å². The van der Waals surface area contributed by atoms with E-state index in [1.807, 2.05) is 45.9 Å². The van der Waals surface area contributed by atoms with Gasteiger partial charge in [-0.25, -0.2) is 4.79 Å². The van der Waals surface area contributed by atoms with Gasteiger partial charge in [-0.05, 0) is 70.5 Å². The fourth-order valence-corrected chi connectivity index (χ4v) is 5.84. The topological polar surface area (TPSA) is 257 Å². The second-order valence-corrected chi connectivity index (χ2v) is 13.3. The normalized spacial score (nSPS) is 15.1. The number of carbonyl (C=O) groups excluding carboxylic acids is 1. The van der Waals surface area contributed by atoms with Crippen molar-refractivity contribution in [2.75, 3.05) is 0 Å². The highest BCUT2D eigenvalue weighted by atomic mass is 35.5. The Morgan fingerprint density at radius 1 is 0.800 bits per heavy atom. The van der Waals surface area contributed by atoms with E-state index in [1.165, 1.54) is 28.5 Å². The summed E-state index contributed by atoms with van der Waals surface area (Å²) in [4.78, 5) is 33.5. The van der Waals surface area contributed by atoms with Crippen molar-refractivity contribution in [3.63, 3.8) is 0 Å². The highest BCUT2D eigenvalue weighted by Crippen LogP contribution is 2.34. The number of carboxylic acids is 1. The Hall–Kier alpha value is -5.95. The van der Waals surface area contributed by atoms with Crippen molar-refractivity contribution in [1.82, 2.24) is 66.0 Å². The van der Waals surface area contributed by atoms with Crippen LogP contribution in [-0.2, 0) is 26.9 Å². The van der Waals surface area contributed by atoms with E-state index in [9.17, 15) is 9.59 Å². The van der Waals surface area contributed by atoms with Gasteiger partial charge in [-0.15, -0.1) is 32.8 Å². The van der Waals surface area contributed by atoms with Crippen LogP contribution in [0.1, 0.15) is 127 Å². The summed E-state index contributed by atoms with van der Waals surface area (Å²) in [6, 6.07) is 12.4. The fourth-order valence-electron chi connectivity index (χ4n) is 5.84. The first-order valence-corrected chi connectivity index (χ1v) is 17.1. The summed E-state index contributed by atoms with van der Waals surface area (Å²) in [5.74, 6) is 1.33. The highest BCUT2D eigenvalue weighted by molar-refractivity contribution is 5.90. The number of rotatable bonds is 7. The third-order valence-electron chi connectivity index (χ3n) is 8.59. The van der Waals surface area contributed by atoms with E-state index in [2.05, 4.69) is 74.6 Å². The Morgan fingerprint density at radius 2 is 1.29 bits per heavy atom. The molecule has 2 aliphatic carbocycles. The van der Waals surface area contributed by atoms with Gasteiger partial charge < -0.3 is 25.2 Å². The van der Waals surface area contributed by atoms with E-state index in [0.29, 0.717) is 23.4 Å². The Bertz CT molecular complexity index is 2230. The van der Waals surface area contributed by atoms with Gasteiger partial charge in [-0.3, -0.25) is 4.79 Å². The number of hydrogen-bond acceptors (Lipinski definition) is 15. The van der Waals surface area contributed by atoms with E-state index < -0.39 is 5.97 Å². The van der Waals surface area contributed by atoms with Gasteiger partial charge in [0, 0.05) is 29.0 Å². The third-order valence-corrected chi connectivity index (χ3v) is 8.59. The van der Waals surface area contributed by atoms with Crippen molar-refractivity contribution in [2.24, 2.45) is 19.8 Å². The van der Waals surface area contributed by atoms with E-state index in [4.69, 9.17) is 19.9 Å². The molecule has 0 aliphatic heterocycles. The van der Waals surface area contributed by atoms with Gasteiger partial charge in [-0.1, -0.05) is 69.7 Å². The van der Waals surface area contributed by atoms with Gasteiger partial charge in [0.15, 0.2) is 0 Å². The summed E-state index contributed by atoms with van der Waals surface area (Å²) in [7, 11) is 3.12. The second-order valence-electron chi connectivity index (χ2n) is 13.3. The summed E-state index contributed by atoms with van der Waals surface area (Å²) in [5.41, 5.74) is 12.8. The number of nitrogens with one attached hydrogen (secondary N) is 1. The maximum absolute atomic E-state index is 12.3. The molecule has 8 rings (SSSR count). The maximum atomic E-state index is 12.3. The number of fused-ring (bicyclic) bond motifs is 2. The van der Waals surface area contributed by atoms with Gasteiger partial charge >= 0.3 is 5.97 Å². The zero-order valence-electron chi connectivity index (χ0n) is 30.5. The number of aryl methyl sites for hydroxylation is 4. The van der Waals surface area contributed by atoms with Crippen molar-refractivity contribution in [3.8, 4) is 22.8 Å². The number of halogens is 1. The number of carbonyl (C=O) groups is 2. The molecule has 4 heterocycles. The average molecular weight is 777 g/mol. The number of tetrazole rings is 2. The smallest absolute Gasteiger partial charge is 0.377 e. The fraction of sp³-hybridized carbons (Fsp3) is 0.429. The quantitative estimate of drug-likeness (QED) is 0.200. The molecule has 20 heteroatoms. The SMILES string of the molecule is C.CC(C)c1nc(-c2ccc3c(c2)CC[C@H]3N)no1.CC(C)c1nc(-c2ccc3c(c2)CC[C@H]3NC(=O)c2nnn(C)n2)no1.Cl.Cn1nnc(C(=O)O)n1. The lowest BCUT2D eigenvalue weighted by molar-refractivity contribution is 0.0682. The molecular weight excluding hydrogens is 732 g/mol. The van der Waals surface area contributed by atoms with E-state index in [0.717, 1.165) is 47.2 Å². The molecule has 0 radical (unpaired) electrons. The number of aromatic nitrogens is 12. The standard InChI is InChI=1S/C17H19N7O2.C14H17N3O.C3H4N4O2.CH4.ClH/c1-9(2)17-19-14(22-26-17)11-4-6-12-10(8-11)5-7-13(12)18-16(25)15-20-23-24(3)21-15;1-8(2)14-16-13(17-18-14)10-3-5-11-9(7-10)4-6-12(11)15;1-7-5-2(3(8)9)4-6-7;;/h4,6,8-9,13H,5,7H2,1-3H3,(H,18,25);3,5,7-8,12H,4,6,15H2,1-2H3;1H3,(H,8,9);1H4;1H/t13-;12-;;;/m11.../s1. The number of amides is 1. The number of hydrogen-bond donors (Lipinski definition) is 3. The summed E-state index contributed by atoms with van der Waals surface area (Å²) >= 11 is 0. The van der Waals surface area contributed by atoms with Crippen LogP contribution in [0.15, 0.2) is 45.4 Å². The Morgan fingerprint density at radius 3 is 1.75 bits per heavy atom. The van der Waals surface area contributed by atoms with Gasteiger partial charge in [0.2, 0.25) is 23.4 Å². The summed E-state index contributed by atoms with van der Waals surface area (Å²) in [6.07, 6.45) is 3.77. The molecule has 0 saturated carbocycles. The minimum atomic E-state index is -1.16. The lowest BCUT2D eigenvalue weighted by Crippen LogP contribution is -2.28. The van der Waals surface area contributed by atoms with Crippen LogP contribution in [-0.4, -0.2) is 77.7 Å². The molecule has 2 atom stereocenters. The Labute approximate surface area is 322 Å². The minimum absolute atomic E-state index is 0.